The molecule has 0 radical (unpaired) electrons. The van der Waals surface area contributed by atoms with E-state index in [9.17, 15) is 13.2 Å². The monoisotopic (exact) mass is 401 g/mol. The second kappa shape index (κ2) is 9.85. The molecule has 0 unspecified atom stereocenters. The lowest BCUT2D eigenvalue weighted by atomic mass is 10.1. The summed E-state index contributed by atoms with van der Waals surface area (Å²) in [6, 6.07) is 17.6. The van der Waals surface area contributed by atoms with Gasteiger partial charge in [0.2, 0.25) is 5.91 Å². The van der Waals surface area contributed by atoms with Gasteiger partial charge in [0.15, 0.2) is 9.84 Å². The Morgan fingerprint density at radius 2 is 1.57 bits per heavy atom. The van der Waals surface area contributed by atoms with E-state index in [1.807, 2.05) is 54.6 Å². The van der Waals surface area contributed by atoms with Gasteiger partial charge in [-0.25, -0.2) is 8.42 Å². The normalized spacial score (nSPS) is 14.9. The lowest BCUT2D eigenvalue weighted by molar-refractivity contribution is -0.118. The maximum absolute atomic E-state index is 12.3. The minimum atomic E-state index is -3.36. The van der Waals surface area contributed by atoms with Crippen LogP contribution in [0.25, 0.3) is 0 Å². The van der Waals surface area contributed by atoms with Crippen molar-refractivity contribution >= 4 is 15.7 Å². The van der Waals surface area contributed by atoms with Gasteiger partial charge in [-0.05, 0) is 29.5 Å². The first-order valence-electron chi connectivity index (χ1n) is 9.71. The van der Waals surface area contributed by atoms with Crippen LogP contribution in [-0.4, -0.2) is 25.3 Å². The number of hydrogen-bond acceptors (Lipinski definition) is 4. The Hall–Kier alpha value is -2.18. The van der Waals surface area contributed by atoms with Crippen LogP contribution in [0.2, 0.25) is 0 Å². The summed E-state index contributed by atoms with van der Waals surface area (Å²) >= 11 is 0. The molecule has 1 aliphatic carbocycles. The molecule has 5 nitrogen and oxygen atoms in total. The van der Waals surface area contributed by atoms with E-state index >= 15 is 0 Å². The molecule has 0 aromatic heterocycles. The minimum absolute atomic E-state index is 0.296. The second-order valence-corrected chi connectivity index (χ2v) is 9.52. The molecule has 6 heteroatoms. The Kier molecular flexibility index (Phi) is 7.23. The maximum atomic E-state index is 12.3. The van der Waals surface area contributed by atoms with E-state index in [2.05, 4.69) is 5.32 Å². The average Bonchev–Trinajstić information content (AvgIpc) is 3.24. The van der Waals surface area contributed by atoms with E-state index in [-0.39, 0.29) is 5.25 Å². The van der Waals surface area contributed by atoms with Gasteiger partial charge in [-0.2, -0.15) is 0 Å². The third-order valence-corrected chi connectivity index (χ3v) is 7.26. The van der Waals surface area contributed by atoms with Crippen molar-refractivity contribution in [1.82, 2.24) is 5.32 Å². The zero-order valence-electron chi connectivity index (χ0n) is 16.0. The van der Waals surface area contributed by atoms with Crippen molar-refractivity contribution in [3.8, 4) is 0 Å². The lowest BCUT2D eigenvalue weighted by Gasteiger charge is -2.13. The molecule has 0 atom stereocenters. The van der Waals surface area contributed by atoms with Gasteiger partial charge in [0.1, 0.15) is 5.75 Å². The van der Waals surface area contributed by atoms with Crippen molar-refractivity contribution in [2.75, 3.05) is 5.75 Å². The number of rotatable bonds is 9. The highest BCUT2D eigenvalue weighted by molar-refractivity contribution is 7.92. The van der Waals surface area contributed by atoms with Crippen LogP contribution in [0.1, 0.15) is 42.4 Å². The molecule has 1 saturated carbocycles. The fourth-order valence-corrected chi connectivity index (χ4v) is 5.27. The maximum Gasteiger partial charge on any atom is 0.235 e. The molecule has 0 bridgehead atoms. The first-order chi connectivity index (χ1) is 13.5. The van der Waals surface area contributed by atoms with Crippen LogP contribution >= 0.6 is 0 Å². The summed E-state index contributed by atoms with van der Waals surface area (Å²) in [5.74, 6) is -0.864. The molecular weight excluding hydrogens is 374 g/mol. The van der Waals surface area contributed by atoms with Crippen molar-refractivity contribution in [3.05, 3.63) is 71.3 Å². The number of ether oxygens (including phenoxy) is 1. The van der Waals surface area contributed by atoms with Crippen molar-refractivity contribution in [2.24, 2.45) is 0 Å². The van der Waals surface area contributed by atoms with Crippen molar-refractivity contribution in [2.45, 2.75) is 50.7 Å². The molecule has 0 saturated heterocycles. The van der Waals surface area contributed by atoms with Crippen LogP contribution < -0.4 is 5.32 Å². The van der Waals surface area contributed by atoms with Gasteiger partial charge in [0.05, 0.1) is 18.5 Å². The number of carbonyl (C=O) groups is 1. The van der Waals surface area contributed by atoms with Crippen LogP contribution in [0, 0.1) is 0 Å². The quantitative estimate of drug-likeness (QED) is 0.699. The van der Waals surface area contributed by atoms with E-state index < -0.39 is 21.5 Å². The predicted octanol–water partition coefficient (Wildman–Crippen LogP) is 3.38. The van der Waals surface area contributed by atoms with Gasteiger partial charge >= 0.3 is 0 Å². The van der Waals surface area contributed by atoms with Gasteiger partial charge in [-0.1, -0.05) is 67.4 Å². The summed E-state index contributed by atoms with van der Waals surface area (Å²) in [4.78, 5) is 12.2. The Labute approximate surface area is 167 Å². The molecule has 150 valence electrons. The molecule has 0 aliphatic heterocycles. The Bertz CT molecular complexity index is 874. The van der Waals surface area contributed by atoms with Crippen molar-refractivity contribution < 1.29 is 17.9 Å². The van der Waals surface area contributed by atoms with Gasteiger partial charge < -0.3 is 10.1 Å². The first-order valence-corrected chi connectivity index (χ1v) is 11.4. The molecule has 2 aromatic rings. The Morgan fingerprint density at radius 3 is 2.29 bits per heavy atom. The van der Waals surface area contributed by atoms with Gasteiger partial charge in [0, 0.05) is 6.54 Å². The molecule has 1 N–H and O–H groups in total. The van der Waals surface area contributed by atoms with E-state index in [0.717, 1.165) is 29.5 Å². The third kappa shape index (κ3) is 5.91. The Morgan fingerprint density at radius 1 is 0.929 bits per heavy atom. The molecule has 3 rings (SSSR count). The van der Waals surface area contributed by atoms with Crippen LogP contribution in [-0.2, 0) is 39.1 Å². The number of hydrogen-bond donors (Lipinski definition) is 1. The number of amides is 1. The van der Waals surface area contributed by atoms with Crippen LogP contribution in [0.5, 0.6) is 0 Å². The molecule has 1 aliphatic rings. The summed E-state index contributed by atoms with van der Waals surface area (Å²) in [6.45, 7) is 1.24. The number of sulfone groups is 1. The smallest absolute Gasteiger partial charge is 0.235 e. The number of carbonyl (C=O) groups excluding carboxylic acids is 1. The summed E-state index contributed by atoms with van der Waals surface area (Å²) in [5, 5.41) is 2.40. The standard InChI is InChI=1S/C22H27NO4S/c24-22(17-28(25,26)21-12-6-7-13-21)23-14-19-10-4-5-11-20(19)16-27-15-18-8-2-1-3-9-18/h1-5,8-11,21H,6-7,12-17H2,(H,23,24). The van der Waals surface area contributed by atoms with E-state index in [0.29, 0.717) is 32.6 Å². The van der Waals surface area contributed by atoms with E-state index in [1.165, 1.54) is 0 Å². The number of benzene rings is 2. The zero-order chi connectivity index (χ0) is 19.8. The highest BCUT2D eigenvalue weighted by atomic mass is 32.2. The van der Waals surface area contributed by atoms with E-state index in [4.69, 9.17) is 4.74 Å². The minimum Gasteiger partial charge on any atom is -0.372 e. The fourth-order valence-electron chi connectivity index (χ4n) is 3.52. The highest BCUT2D eigenvalue weighted by Crippen LogP contribution is 2.25. The SMILES string of the molecule is O=C(CS(=O)(=O)C1CCCC1)NCc1ccccc1COCc1ccccc1. The Balaban J connectivity index is 1.50. The van der Waals surface area contributed by atoms with Crippen molar-refractivity contribution in [3.63, 3.8) is 0 Å². The summed E-state index contributed by atoms with van der Waals surface area (Å²) in [6.07, 6.45) is 3.22. The van der Waals surface area contributed by atoms with Crippen LogP contribution in [0.4, 0.5) is 0 Å². The van der Waals surface area contributed by atoms with Crippen molar-refractivity contribution in [1.29, 1.82) is 0 Å². The van der Waals surface area contributed by atoms with E-state index in [1.54, 1.807) is 0 Å². The van der Waals surface area contributed by atoms with Gasteiger partial charge in [0.25, 0.3) is 0 Å². The van der Waals surface area contributed by atoms with Crippen LogP contribution in [0.3, 0.4) is 0 Å². The summed E-state index contributed by atoms with van der Waals surface area (Å²) < 4.78 is 30.4. The number of nitrogens with one attached hydrogen (secondary N) is 1. The molecule has 1 fully saturated rings. The molecule has 28 heavy (non-hydrogen) atoms. The molecule has 0 spiro atoms. The van der Waals surface area contributed by atoms with Crippen LogP contribution in [0.15, 0.2) is 54.6 Å². The molecular formula is C22H27NO4S. The largest absolute Gasteiger partial charge is 0.372 e. The molecule has 0 heterocycles. The predicted molar refractivity (Wildman–Crippen MR) is 109 cm³/mol. The zero-order valence-corrected chi connectivity index (χ0v) is 16.8. The molecule has 2 aromatic carbocycles. The third-order valence-electron chi connectivity index (χ3n) is 5.11. The summed E-state index contributed by atoms with van der Waals surface area (Å²) in [5.41, 5.74) is 3.02. The molecule has 1 amide bonds. The fraction of sp³-hybridized carbons (Fsp3) is 0.409. The first kappa shape index (κ1) is 20.6. The second-order valence-electron chi connectivity index (χ2n) is 7.24. The lowest BCUT2D eigenvalue weighted by Crippen LogP contribution is -2.34. The topological polar surface area (TPSA) is 72.5 Å². The van der Waals surface area contributed by atoms with Gasteiger partial charge in [-0.15, -0.1) is 0 Å². The van der Waals surface area contributed by atoms with Gasteiger partial charge in [-0.3, -0.25) is 4.79 Å². The summed E-state index contributed by atoms with van der Waals surface area (Å²) in [7, 11) is -3.36. The highest BCUT2D eigenvalue weighted by Gasteiger charge is 2.30. The average molecular weight is 402 g/mol.